The summed E-state index contributed by atoms with van der Waals surface area (Å²) in [5, 5.41) is 24.6. The largest absolute Gasteiger partial charge is 0.505 e. The smallest absolute Gasteiger partial charge is 0.404 e. The molecule has 3 heterocycles. The lowest BCUT2D eigenvalue weighted by Gasteiger charge is -2.47. The summed E-state index contributed by atoms with van der Waals surface area (Å²) in [7, 11) is 1.38. The highest BCUT2D eigenvalue weighted by atomic mass is 16.7. The van der Waals surface area contributed by atoms with E-state index in [9.17, 15) is 24.6 Å². The minimum Gasteiger partial charge on any atom is -0.505 e. The third kappa shape index (κ3) is 6.03. The Morgan fingerprint density at radius 1 is 1.14 bits per heavy atom. The van der Waals surface area contributed by atoms with E-state index in [0.29, 0.717) is 11.1 Å². The van der Waals surface area contributed by atoms with Crippen molar-refractivity contribution in [1.82, 2.24) is 0 Å². The van der Waals surface area contributed by atoms with Crippen LogP contribution in [0.2, 0.25) is 0 Å². The highest BCUT2D eigenvalue weighted by Crippen LogP contribution is 2.38. The van der Waals surface area contributed by atoms with Crippen LogP contribution in [-0.2, 0) is 14.2 Å². The fourth-order valence-corrected chi connectivity index (χ4v) is 5.85. The normalized spacial score (nSPS) is 23.2. The Labute approximate surface area is 253 Å². The van der Waals surface area contributed by atoms with Crippen molar-refractivity contribution in [3.05, 3.63) is 57.9 Å². The van der Waals surface area contributed by atoms with Crippen LogP contribution in [0.15, 0.2) is 45.6 Å². The van der Waals surface area contributed by atoms with Gasteiger partial charge in [0.15, 0.2) is 23.6 Å². The van der Waals surface area contributed by atoms with Gasteiger partial charge in [0, 0.05) is 37.0 Å². The number of anilines is 2. The van der Waals surface area contributed by atoms with Gasteiger partial charge in [-0.2, -0.15) is 0 Å². The maximum Gasteiger partial charge on any atom is 0.404 e. The predicted molar refractivity (Wildman–Crippen MR) is 160 cm³/mol. The number of aryl methyl sites for hydroxylation is 1. The van der Waals surface area contributed by atoms with Crippen molar-refractivity contribution in [2.75, 3.05) is 30.4 Å². The number of amides is 2. The number of hydrogen-bond donors (Lipinski definition) is 4. The van der Waals surface area contributed by atoms with Crippen molar-refractivity contribution < 1.29 is 43.2 Å². The Hall–Kier alpha value is -4.33. The lowest BCUT2D eigenvalue weighted by Crippen LogP contribution is -2.65. The van der Waals surface area contributed by atoms with E-state index in [-0.39, 0.29) is 16.7 Å². The number of rotatable bonds is 7. The summed E-state index contributed by atoms with van der Waals surface area (Å²) in [6.45, 7) is 6.74. The molecule has 2 saturated heterocycles. The molecule has 2 amide bonds. The molecular formula is C31H37N3O10. The van der Waals surface area contributed by atoms with Gasteiger partial charge in [-0.1, -0.05) is 6.07 Å². The molecule has 0 spiro atoms. The SMILES string of the molecule is CO[C@@H]1[C@@H](OC(N)=O)[C@@H](O)[C@H](Oc2ccc3c(O)c(NC(=O)c4cccc(N5CCCCC5)c4)c(=O)oc3c2C)OC1(C)C. The number of carbonyl (C=O) groups is 2. The first-order chi connectivity index (χ1) is 20.9. The molecule has 13 nitrogen and oxygen atoms in total. The maximum absolute atomic E-state index is 13.1. The number of aromatic hydroxyl groups is 1. The highest BCUT2D eigenvalue weighted by Gasteiger charge is 2.53. The quantitative estimate of drug-likeness (QED) is 0.287. The van der Waals surface area contributed by atoms with Crippen molar-refractivity contribution in [2.45, 2.75) is 70.2 Å². The first-order valence-corrected chi connectivity index (χ1v) is 14.4. The number of piperidine rings is 1. The van der Waals surface area contributed by atoms with Gasteiger partial charge in [-0.25, -0.2) is 9.59 Å². The zero-order valence-corrected chi connectivity index (χ0v) is 25.0. The highest BCUT2D eigenvalue weighted by molar-refractivity contribution is 6.07. The summed E-state index contributed by atoms with van der Waals surface area (Å²) < 4.78 is 28.0. The molecule has 0 aliphatic carbocycles. The van der Waals surface area contributed by atoms with Gasteiger partial charge in [0.05, 0.1) is 11.0 Å². The molecule has 0 radical (unpaired) electrons. The van der Waals surface area contributed by atoms with Gasteiger partial charge in [-0.15, -0.1) is 0 Å². The molecule has 5 N–H and O–H groups in total. The zero-order valence-electron chi connectivity index (χ0n) is 25.0. The first kappa shape index (κ1) is 31.1. The van der Waals surface area contributed by atoms with Crippen LogP contribution in [0.25, 0.3) is 11.0 Å². The molecule has 236 valence electrons. The minimum atomic E-state index is -1.50. The van der Waals surface area contributed by atoms with E-state index in [1.54, 1.807) is 39.0 Å². The number of ether oxygens (including phenoxy) is 4. The van der Waals surface area contributed by atoms with E-state index in [1.807, 2.05) is 6.07 Å². The van der Waals surface area contributed by atoms with E-state index in [1.165, 1.54) is 25.7 Å². The monoisotopic (exact) mass is 611 g/mol. The van der Waals surface area contributed by atoms with E-state index in [0.717, 1.165) is 31.6 Å². The maximum atomic E-state index is 13.1. The average Bonchev–Trinajstić information content (AvgIpc) is 2.99. The molecule has 2 aliphatic rings. The lowest BCUT2D eigenvalue weighted by atomic mass is 9.89. The van der Waals surface area contributed by atoms with Gasteiger partial charge >= 0.3 is 11.7 Å². The van der Waals surface area contributed by atoms with E-state index in [4.69, 9.17) is 29.1 Å². The molecule has 44 heavy (non-hydrogen) atoms. The number of nitrogens with one attached hydrogen (secondary N) is 1. The number of primary amides is 1. The molecule has 13 heteroatoms. The summed E-state index contributed by atoms with van der Waals surface area (Å²) in [4.78, 5) is 39.9. The van der Waals surface area contributed by atoms with Crippen LogP contribution in [0.1, 0.15) is 49.0 Å². The summed E-state index contributed by atoms with van der Waals surface area (Å²) in [6.07, 6.45) is -2.67. The number of fused-ring (bicyclic) bond motifs is 1. The molecule has 2 aromatic carbocycles. The van der Waals surface area contributed by atoms with Crippen LogP contribution < -0.4 is 26.3 Å². The molecular weight excluding hydrogens is 574 g/mol. The molecule has 2 aliphatic heterocycles. The molecule has 0 saturated carbocycles. The van der Waals surface area contributed by atoms with Gasteiger partial charge in [0.2, 0.25) is 6.29 Å². The lowest BCUT2D eigenvalue weighted by molar-refractivity contribution is -0.304. The van der Waals surface area contributed by atoms with Gasteiger partial charge in [0.25, 0.3) is 5.91 Å². The summed E-state index contributed by atoms with van der Waals surface area (Å²) >= 11 is 0. The van der Waals surface area contributed by atoms with Crippen LogP contribution in [0, 0.1) is 6.92 Å². The number of benzene rings is 2. The van der Waals surface area contributed by atoms with Crippen LogP contribution in [0.4, 0.5) is 16.2 Å². The predicted octanol–water partition coefficient (Wildman–Crippen LogP) is 3.40. The second-order valence-corrected chi connectivity index (χ2v) is 11.5. The number of aliphatic hydroxyl groups excluding tert-OH is 1. The Kier molecular flexibility index (Phi) is 8.73. The Bertz CT molecular complexity index is 1610. The molecule has 3 aromatic rings. The second-order valence-electron chi connectivity index (χ2n) is 11.5. The van der Waals surface area contributed by atoms with Crippen molar-refractivity contribution in [3.8, 4) is 11.5 Å². The van der Waals surface area contributed by atoms with Gasteiger partial charge < -0.3 is 49.5 Å². The number of carbonyl (C=O) groups excluding carboxylic acids is 2. The van der Waals surface area contributed by atoms with Crippen molar-refractivity contribution in [3.63, 3.8) is 0 Å². The molecule has 5 rings (SSSR count). The zero-order chi connectivity index (χ0) is 31.8. The van der Waals surface area contributed by atoms with Crippen LogP contribution >= 0.6 is 0 Å². The first-order valence-electron chi connectivity index (χ1n) is 14.4. The van der Waals surface area contributed by atoms with Crippen molar-refractivity contribution >= 4 is 34.3 Å². The van der Waals surface area contributed by atoms with Gasteiger partial charge in [-0.3, -0.25) is 4.79 Å². The number of nitrogens with zero attached hydrogens (tertiary/aromatic N) is 1. The summed E-state index contributed by atoms with van der Waals surface area (Å²) in [5.74, 6) is -0.894. The third-order valence-corrected chi connectivity index (χ3v) is 8.08. The average molecular weight is 612 g/mol. The van der Waals surface area contributed by atoms with Crippen LogP contribution in [0.3, 0.4) is 0 Å². The van der Waals surface area contributed by atoms with Gasteiger partial charge in [0.1, 0.15) is 17.4 Å². The topological polar surface area (TPSA) is 183 Å². The summed E-state index contributed by atoms with van der Waals surface area (Å²) in [6, 6.07) is 10.0. The van der Waals surface area contributed by atoms with Crippen molar-refractivity contribution in [2.24, 2.45) is 5.73 Å². The molecule has 0 bridgehead atoms. The standard InChI is InChI=1S/C31H37N3O10/c1-16-20(41-29-23(36)25(43-30(32)39)26(40-4)31(2,3)44-29)12-11-19-22(35)21(28(38)42-24(16)19)33-27(37)17-9-8-10-18(15-17)34-13-6-5-7-14-34/h8-12,15,23,25-26,29,35-36H,5-7,13-14H2,1-4H3,(H2,32,39)(H,33,37)/t23-,25+,26-,29-/m1/s1. The van der Waals surface area contributed by atoms with E-state index >= 15 is 0 Å². The number of methoxy groups -OCH3 is 1. The van der Waals surface area contributed by atoms with E-state index < -0.39 is 59.3 Å². The number of aliphatic hydroxyl groups is 1. The number of nitrogens with two attached hydrogens (primary N) is 1. The minimum absolute atomic E-state index is 0.000594. The number of hydrogen-bond acceptors (Lipinski definition) is 11. The molecule has 1 aromatic heterocycles. The van der Waals surface area contributed by atoms with Crippen LogP contribution in [-0.4, -0.2) is 72.6 Å². The van der Waals surface area contributed by atoms with E-state index in [2.05, 4.69) is 10.2 Å². The molecule has 4 atom stereocenters. The Morgan fingerprint density at radius 3 is 2.55 bits per heavy atom. The fraction of sp³-hybridized carbons (Fsp3) is 0.452. The third-order valence-electron chi connectivity index (χ3n) is 8.08. The fourth-order valence-electron chi connectivity index (χ4n) is 5.85. The molecule has 0 unspecified atom stereocenters. The van der Waals surface area contributed by atoms with Crippen molar-refractivity contribution in [1.29, 1.82) is 0 Å². The van der Waals surface area contributed by atoms with Crippen LogP contribution in [0.5, 0.6) is 11.5 Å². The second kappa shape index (κ2) is 12.3. The van der Waals surface area contributed by atoms with Gasteiger partial charge in [-0.05, 0) is 70.4 Å². The Balaban J connectivity index is 1.40. The molecule has 2 fully saturated rings. The Morgan fingerprint density at radius 2 is 1.86 bits per heavy atom. The summed E-state index contributed by atoms with van der Waals surface area (Å²) in [5.41, 5.74) is 4.31.